The van der Waals surface area contributed by atoms with E-state index >= 15 is 0 Å². The Labute approximate surface area is 137 Å². The first-order valence-corrected chi connectivity index (χ1v) is 7.09. The summed E-state index contributed by atoms with van der Waals surface area (Å²) in [5, 5.41) is 2.70. The zero-order chi connectivity index (χ0) is 19.3. The summed E-state index contributed by atoms with van der Waals surface area (Å²) < 4.78 is 38.0. The average molecular weight is 329 g/mol. The van der Waals surface area contributed by atoms with Crippen molar-refractivity contribution in [3.63, 3.8) is 0 Å². The Morgan fingerprint density at radius 2 is 2.41 bits per heavy atom. The van der Waals surface area contributed by atoms with E-state index < -0.39 is 24.8 Å². The van der Waals surface area contributed by atoms with E-state index in [4.69, 9.17) is 17.1 Å². The Hall–Kier alpha value is -2.02. The molecule has 3 rings (SSSR count). The zero-order valence-corrected chi connectivity index (χ0v) is 12.6. The largest absolute Gasteiger partial charge is 0.453 e. The Balaban J connectivity index is 2.13. The number of imidazole rings is 1. The topological polar surface area (TPSA) is 78.2 Å². The number of amides is 1. The monoisotopic (exact) mass is 328 g/mol. The van der Waals surface area contributed by atoms with Crippen LogP contribution in [0.1, 0.15) is 30.8 Å². The molecule has 2 aromatic heterocycles. The molecule has 2 heterocycles. The minimum absolute atomic E-state index is 0.0791. The Kier molecular flexibility index (Phi) is 2.73. The quantitative estimate of drug-likeness (QED) is 0.853. The van der Waals surface area contributed by atoms with Gasteiger partial charge >= 0.3 is 11.8 Å². The number of aromatic nitrogens is 3. The Morgan fingerprint density at radius 3 is 3.14 bits per heavy atom. The number of ether oxygens (including phenoxy) is 1. The van der Waals surface area contributed by atoms with Crippen LogP contribution in [0.25, 0.3) is 11.0 Å². The van der Waals surface area contributed by atoms with Crippen molar-refractivity contribution < 1.29 is 15.0 Å². The maximum Gasteiger partial charge on any atom is 0.407 e. The van der Waals surface area contributed by atoms with Gasteiger partial charge in [0.2, 0.25) is 0 Å². The molecule has 118 valence electrons. The van der Waals surface area contributed by atoms with E-state index in [9.17, 15) is 9.59 Å². The minimum Gasteiger partial charge on any atom is -0.453 e. The van der Waals surface area contributed by atoms with E-state index in [-0.39, 0.29) is 35.1 Å². The molecule has 0 aromatic carbocycles. The van der Waals surface area contributed by atoms with E-state index in [1.165, 1.54) is 19.4 Å². The van der Waals surface area contributed by atoms with Gasteiger partial charge in [0.1, 0.15) is 5.15 Å². The van der Waals surface area contributed by atoms with Gasteiger partial charge in [-0.1, -0.05) is 11.6 Å². The number of nitrogens with zero attached hydrogens (tertiary/aromatic N) is 3. The molecule has 0 aliphatic heterocycles. The van der Waals surface area contributed by atoms with Crippen LogP contribution in [0.4, 0.5) is 4.79 Å². The van der Waals surface area contributed by atoms with E-state index in [0.29, 0.717) is 11.0 Å². The number of carbonyl (C=O) groups is 1. The van der Waals surface area contributed by atoms with Gasteiger partial charge in [-0.05, 0) is 19.3 Å². The number of nitrogens with one attached hydrogen (secondary N) is 1. The van der Waals surface area contributed by atoms with Crippen molar-refractivity contribution in [1.29, 1.82) is 0 Å². The zero-order valence-electron chi connectivity index (χ0n) is 15.8. The van der Waals surface area contributed by atoms with Gasteiger partial charge in [0.15, 0.2) is 0 Å². The maximum atomic E-state index is 12.9. The van der Waals surface area contributed by atoms with Crippen LogP contribution in [0.5, 0.6) is 0 Å². The molecule has 8 heteroatoms. The van der Waals surface area contributed by atoms with Crippen LogP contribution in [0, 0.1) is 0 Å². The third-order valence-corrected chi connectivity index (χ3v) is 3.99. The number of hydrogen-bond donors (Lipinski definition) is 1. The summed E-state index contributed by atoms with van der Waals surface area (Å²) in [5.41, 5.74) is -0.534. The molecule has 0 saturated heterocycles. The van der Waals surface area contributed by atoms with Crippen LogP contribution >= 0.6 is 11.6 Å². The number of aryl methyl sites for hydroxylation is 1. The lowest BCUT2D eigenvalue weighted by atomic mass is 10.2. The van der Waals surface area contributed by atoms with Gasteiger partial charge in [-0.15, -0.1) is 0 Å². The van der Waals surface area contributed by atoms with Crippen LogP contribution in [-0.2, 0) is 11.7 Å². The molecular formula is C14H17ClN4O3. The second-order valence-electron chi connectivity index (χ2n) is 5.09. The molecule has 22 heavy (non-hydrogen) atoms. The molecule has 1 aliphatic rings. The predicted octanol–water partition coefficient (Wildman–Crippen LogP) is 1.84. The van der Waals surface area contributed by atoms with E-state index in [0.717, 1.165) is 4.57 Å². The van der Waals surface area contributed by atoms with Crippen molar-refractivity contribution in [2.24, 2.45) is 6.98 Å². The van der Waals surface area contributed by atoms with Crippen LogP contribution in [0.15, 0.2) is 17.1 Å². The van der Waals surface area contributed by atoms with Crippen molar-refractivity contribution in [1.82, 2.24) is 19.4 Å². The number of halogens is 1. The van der Waals surface area contributed by atoms with Crippen LogP contribution in [0.3, 0.4) is 0 Å². The lowest BCUT2D eigenvalue weighted by Gasteiger charge is -2.14. The van der Waals surface area contributed by atoms with Crippen LogP contribution < -0.4 is 11.0 Å². The van der Waals surface area contributed by atoms with Crippen molar-refractivity contribution in [2.45, 2.75) is 31.3 Å². The first-order chi connectivity index (χ1) is 12.1. The van der Waals surface area contributed by atoms with Crippen molar-refractivity contribution >= 4 is 28.7 Å². The highest BCUT2D eigenvalue weighted by atomic mass is 35.5. The molecule has 1 saturated carbocycles. The molecule has 1 unspecified atom stereocenters. The summed E-state index contributed by atoms with van der Waals surface area (Å²) in [5.74, 6) is 0. The highest BCUT2D eigenvalue weighted by Crippen LogP contribution is 2.32. The summed E-state index contributed by atoms with van der Waals surface area (Å²) in [6.45, 7) is -2.73. The van der Waals surface area contributed by atoms with Gasteiger partial charge in [0.05, 0.1) is 25.7 Å². The summed E-state index contributed by atoms with van der Waals surface area (Å²) >= 11 is 5.92. The number of alkyl carbamates (subject to hydrolysis) is 1. The Bertz CT molecular complexity index is 925. The lowest BCUT2D eigenvalue weighted by molar-refractivity contribution is 0.166. The smallest absolute Gasteiger partial charge is 0.407 e. The molecule has 1 fully saturated rings. The van der Waals surface area contributed by atoms with Crippen molar-refractivity contribution in [3.05, 3.63) is 27.9 Å². The van der Waals surface area contributed by atoms with Gasteiger partial charge < -0.3 is 10.1 Å². The van der Waals surface area contributed by atoms with E-state index in [1.807, 2.05) is 0 Å². The van der Waals surface area contributed by atoms with E-state index in [2.05, 4.69) is 15.0 Å². The molecule has 1 aliphatic carbocycles. The van der Waals surface area contributed by atoms with Crippen molar-refractivity contribution in [3.8, 4) is 0 Å². The normalized spacial score (nSPS) is 27.8. The SMILES string of the molecule is [2H]C([2H])([2H])n1c(=O)n(C2([2H])CC[C@@H](NC(=O)OC)C2)c2cc(Cl)ncc21. The standard InChI is InChI=1S/C14H17ClN4O3/c1-18-11-7-16-12(15)6-10(11)19(14(18)21)9-4-3-8(5-9)17-13(20)22-2/h6-9H,3-5H2,1-2H3,(H,17,20)/t8-,9?/m1/s1/i1D3,9D. The minimum atomic E-state index is -2.73. The van der Waals surface area contributed by atoms with Crippen LogP contribution in [0.2, 0.25) is 5.15 Å². The number of fused-ring (bicyclic) bond motifs is 1. The molecular weight excluding hydrogens is 308 g/mol. The molecule has 1 amide bonds. The second kappa shape index (κ2) is 5.64. The lowest BCUT2D eigenvalue weighted by Crippen LogP contribution is -2.33. The second-order valence-corrected chi connectivity index (χ2v) is 5.48. The molecule has 0 bridgehead atoms. The number of pyridine rings is 1. The summed E-state index contributed by atoms with van der Waals surface area (Å²) in [4.78, 5) is 28.2. The van der Waals surface area contributed by atoms with Crippen molar-refractivity contribution in [2.75, 3.05) is 7.11 Å². The summed E-state index contributed by atoms with van der Waals surface area (Å²) in [6, 6.07) is -0.421. The van der Waals surface area contributed by atoms with E-state index in [1.54, 1.807) is 0 Å². The first-order valence-electron chi connectivity index (χ1n) is 8.71. The fraction of sp³-hybridized carbons (Fsp3) is 0.500. The predicted molar refractivity (Wildman–Crippen MR) is 82.2 cm³/mol. The number of rotatable bonds is 2. The van der Waals surface area contributed by atoms with Gasteiger partial charge in [0, 0.05) is 29.2 Å². The number of methoxy groups -OCH3 is 1. The molecule has 1 N–H and O–H groups in total. The highest BCUT2D eigenvalue weighted by molar-refractivity contribution is 6.29. The van der Waals surface area contributed by atoms with Crippen LogP contribution in [-0.4, -0.2) is 33.4 Å². The number of carbonyl (C=O) groups excluding carboxylic acids is 1. The van der Waals surface area contributed by atoms with Gasteiger partial charge in [-0.3, -0.25) is 9.13 Å². The maximum absolute atomic E-state index is 12.9. The summed E-state index contributed by atoms with van der Waals surface area (Å²) in [6.07, 6.45) is 1.42. The third-order valence-electron chi connectivity index (χ3n) is 3.78. The van der Waals surface area contributed by atoms with Gasteiger partial charge in [-0.25, -0.2) is 14.6 Å². The average Bonchev–Trinajstić information content (AvgIpc) is 3.04. The summed E-state index contributed by atoms with van der Waals surface area (Å²) in [7, 11) is 1.24. The fourth-order valence-corrected chi connectivity index (χ4v) is 2.91. The third kappa shape index (κ3) is 2.45. The first kappa shape index (κ1) is 10.7. The molecule has 2 atom stereocenters. The Morgan fingerprint density at radius 1 is 1.59 bits per heavy atom. The highest BCUT2D eigenvalue weighted by Gasteiger charge is 2.30. The molecule has 7 nitrogen and oxygen atoms in total. The molecule has 0 spiro atoms. The van der Waals surface area contributed by atoms with Gasteiger partial charge in [-0.2, -0.15) is 0 Å². The fourth-order valence-electron chi connectivity index (χ4n) is 2.76. The number of hydrogen-bond acceptors (Lipinski definition) is 4. The molecule has 2 aromatic rings. The molecule has 0 radical (unpaired) electrons. The van der Waals surface area contributed by atoms with Gasteiger partial charge in [0.25, 0.3) is 0 Å².